The van der Waals surface area contributed by atoms with E-state index in [4.69, 9.17) is 31.5 Å². The van der Waals surface area contributed by atoms with Gasteiger partial charge >= 0.3 is 7.60 Å². The number of nitrogen functional groups attached to an aromatic ring is 1. The lowest BCUT2D eigenvalue weighted by Crippen LogP contribution is -2.37. The molecule has 0 radical (unpaired) electrons. The summed E-state index contributed by atoms with van der Waals surface area (Å²) in [5.74, 6) is -0.294. The van der Waals surface area contributed by atoms with Crippen LogP contribution in [0.2, 0.25) is 0 Å². The molecule has 0 bridgehead atoms. The van der Waals surface area contributed by atoms with E-state index < -0.39 is 50.2 Å². The fraction of sp³-hybridized carbons (Fsp3) is 0.643. The average Bonchev–Trinajstić information content (AvgIpc) is 3.18. The molecule has 2 aromatic rings. The first kappa shape index (κ1) is 21.2. The maximum atomic E-state index is 12.2. The molecular formula is C14H20N5O7P2S-. The molecule has 2 aliphatic rings. The molecule has 4 N–H and O–H groups in total. The van der Waals surface area contributed by atoms with Crippen LogP contribution in [0.1, 0.15) is 12.6 Å². The van der Waals surface area contributed by atoms with Crippen molar-refractivity contribution in [3.8, 4) is 0 Å². The Balaban J connectivity index is 1.72. The van der Waals surface area contributed by atoms with Crippen LogP contribution in [0, 0.1) is 5.92 Å². The van der Waals surface area contributed by atoms with E-state index in [1.54, 1.807) is 4.57 Å². The molecule has 160 valence electrons. The number of fused-ring (bicyclic) bond motifs is 1. The smallest absolute Gasteiger partial charge is 0.328 e. The van der Waals surface area contributed by atoms with Gasteiger partial charge in [0, 0.05) is 13.0 Å². The summed E-state index contributed by atoms with van der Waals surface area (Å²) in [6, 6.07) is 0. The summed E-state index contributed by atoms with van der Waals surface area (Å²) in [7, 11) is -2.86. The molecule has 1 aliphatic carbocycles. The highest BCUT2D eigenvalue weighted by atomic mass is 32.5. The van der Waals surface area contributed by atoms with Gasteiger partial charge in [-0.05, 0) is 19.6 Å². The largest absolute Gasteiger partial charge is 0.801 e. The van der Waals surface area contributed by atoms with E-state index in [0.717, 1.165) is 0 Å². The van der Waals surface area contributed by atoms with Gasteiger partial charge in [-0.2, -0.15) is 0 Å². The normalized spacial score (nSPS) is 34.4. The van der Waals surface area contributed by atoms with Gasteiger partial charge in [-0.15, -0.1) is 0 Å². The number of nitrogens with two attached hydrogens (primary N) is 1. The number of nitrogens with zero attached hydrogens (tertiary/aromatic N) is 4. The second-order valence-electron chi connectivity index (χ2n) is 7.17. The van der Waals surface area contributed by atoms with Gasteiger partial charge < -0.3 is 34.4 Å². The van der Waals surface area contributed by atoms with Crippen molar-refractivity contribution in [2.75, 3.05) is 19.5 Å². The highest BCUT2D eigenvalue weighted by molar-refractivity contribution is 8.08. The molecule has 0 aromatic carbocycles. The number of hydrogen-bond donors (Lipinski definition) is 3. The molecule has 0 spiro atoms. The van der Waals surface area contributed by atoms with Crippen molar-refractivity contribution < 1.29 is 33.2 Å². The second kappa shape index (κ2) is 7.30. The highest BCUT2D eigenvalue weighted by Crippen LogP contribution is 2.62. The first-order valence-electron chi connectivity index (χ1n) is 8.64. The third-order valence-corrected chi connectivity index (χ3v) is 7.47. The van der Waals surface area contributed by atoms with Crippen molar-refractivity contribution in [3.05, 3.63) is 12.7 Å². The van der Waals surface area contributed by atoms with Crippen LogP contribution in [0.15, 0.2) is 12.7 Å². The Bertz CT molecular complexity index is 1020. The maximum absolute atomic E-state index is 12.2. The lowest BCUT2D eigenvalue weighted by molar-refractivity contribution is -0.188. The average molecular weight is 464 g/mol. The topological polar surface area (TPSA) is 178 Å². The van der Waals surface area contributed by atoms with Crippen LogP contribution >= 0.6 is 14.1 Å². The van der Waals surface area contributed by atoms with Gasteiger partial charge in [-0.1, -0.05) is 11.8 Å². The summed E-state index contributed by atoms with van der Waals surface area (Å²) in [5.41, 5.74) is 5.75. The van der Waals surface area contributed by atoms with Gasteiger partial charge in [0.2, 0.25) is 0 Å². The number of methoxy groups -OCH3 is 1. The zero-order chi connectivity index (χ0) is 21.1. The summed E-state index contributed by atoms with van der Waals surface area (Å²) < 4.78 is 30.6. The van der Waals surface area contributed by atoms with Crippen LogP contribution in [0.5, 0.6) is 0 Å². The van der Waals surface area contributed by atoms with Gasteiger partial charge in [0.05, 0.1) is 18.1 Å². The molecule has 4 rings (SSSR count). The molecule has 1 saturated heterocycles. The Kier molecular flexibility index (Phi) is 5.34. The Hall–Kier alpha value is -1.01. The minimum atomic E-state index is -4.29. The number of anilines is 1. The summed E-state index contributed by atoms with van der Waals surface area (Å²) in [6.45, 7) is -2.09. The molecule has 1 saturated carbocycles. The van der Waals surface area contributed by atoms with Gasteiger partial charge in [0.1, 0.15) is 24.1 Å². The van der Waals surface area contributed by atoms with Crippen molar-refractivity contribution in [2.24, 2.45) is 5.92 Å². The highest BCUT2D eigenvalue weighted by Gasteiger charge is 2.61. The van der Waals surface area contributed by atoms with Crippen LogP contribution < -0.4 is 10.6 Å². The predicted molar refractivity (Wildman–Crippen MR) is 103 cm³/mol. The minimum absolute atomic E-state index is 0.192. The number of aromatic nitrogens is 4. The Morgan fingerprint density at radius 1 is 1.38 bits per heavy atom. The first-order valence-corrected chi connectivity index (χ1v) is 13.4. The van der Waals surface area contributed by atoms with Crippen LogP contribution in [-0.4, -0.2) is 67.1 Å². The van der Waals surface area contributed by atoms with E-state index >= 15 is 0 Å². The Morgan fingerprint density at radius 3 is 2.69 bits per heavy atom. The standard InChI is InChI=1S/C14H21N5O7P2S/c1-24-11-10(26-27(2,20)29)9(6-3-7(6)28(21,22)23)25-14(11)19-5-18-8-12(15)16-4-17-13(8)19/h4-7,9-11,14H,3H2,1-2H3,(H,20,29)(H2,15,16,17)(H2,21,22,23)/p-1/t6?,7?,9-,10+,11+,14-,27?/m1/s1. The lowest BCUT2D eigenvalue weighted by Gasteiger charge is -2.32. The molecule has 3 heterocycles. The third-order valence-electron chi connectivity index (χ3n) is 5.13. The van der Waals surface area contributed by atoms with Crippen molar-refractivity contribution >= 4 is 42.9 Å². The summed E-state index contributed by atoms with van der Waals surface area (Å²) in [5, 5.41) is 0. The van der Waals surface area contributed by atoms with Crippen LogP contribution in [0.4, 0.5) is 5.82 Å². The van der Waals surface area contributed by atoms with Crippen molar-refractivity contribution in [1.29, 1.82) is 0 Å². The number of rotatable bonds is 6. The maximum Gasteiger partial charge on any atom is 0.328 e. The van der Waals surface area contributed by atoms with Crippen molar-refractivity contribution in [2.45, 2.75) is 36.6 Å². The van der Waals surface area contributed by atoms with E-state index in [0.29, 0.717) is 11.2 Å². The fourth-order valence-corrected chi connectivity index (χ4v) is 5.99. The monoisotopic (exact) mass is 464 g/mol. The number of imidazole rings is 1. The van der Waals surface area contributed by atoms with Crippen LogP contribution in [0.25, 0.3) is 11.2 Å². The van der Waals surface area contributed by atoms with E-state index in [1.807, 2.05) is 0 Å². The van der Waals surface area contributed by atoms with E-state index in [2.05, 4.69) is 15.0 Å². The van der Waals surface area contributed by atoms with Gasteiger partial charge in [-0.3, -0.25) is 9.13 Å². The third kappa shape index (κ3) is 3.99. The van der Waals surface area contributed by atoms with Crippen molar-refractivity contribution in [1.82, 2.24) is 19.5 Å². The SMILES string of the molecule is CO[C@H]1[C@@H](OP(C)([O-])=S)[C@@H](C2CC2P(=O)(O)O)O[C@H]1n1cnc2c(N)ncnc21. The van der Waals surface area contributed by atoms with E-state index in [9.17, 15) is 19.2 Å². The van der Waals surface area contributed by atoms with E-state index in [-0.39, 0.29) is 12.2 Å². The van der Waals surface area contributed by atoms with Gasteiger partial charge in [-0.25, -0.2) is 15.0 Å². The summed E-state index contributed by atoms with van der Waals surface area (Å²) in [4.78, 5) is 43.5. The first-order chi connectivity index (χ1) is 13.5. The molecule has 12 nitrogen and oxygen atoms in total. The summed E-state index contributed by atoms with van der Waals surface area (Å²) in [6.07, 6.45) is -0.267. The molecule has 15 heteroatoms. The van der Waals surface area contributed by atoms with Crippen LogP contribution in [0.3, 0.4) is 0 Å². The number of ether oxygens (including phenoxy) is 2. The molecule has 1 aliphatic heterocycles. The van der Waals surface area contributed by atoms with Crippen molar-refractivity contribution in [3.63, 3.8) is 0 Å². The minimum Gasteiger partial charge on any atom is -0.801 e. The predicted octanol–water partition coefficient (Wildman–Crippen LogP) is -0.428. The molecule has 7 atom stereocenters. The quantitative estimate of drug-likeness (QED) is 0.471. The fourth-order valence-electron chi connectivity index (χ4n) is 3.82. The molecule has 3 unspecified atom stereocenters. The number of hydrogen-bond acceptors (Lipinski definition) is 10. The second-order valence-corrected chi connectivity index (χ2v) is 12.8. The van der Waals surface area contributed by atoms with Gasteiger partial charge in [0.25, 0.3) is 0 Å². The zero-order valence-corrected chi connectivity index (χ0v) is 18.0. The molecular weight excluding hydrogens is 444 g/mol. The van der Waals surface area contributed by atoms with Crippen LogP contribution in [-0.2, 0) is 30.4 Å². The molecule has 0 amide bonds. The molecule has 2 aromatic heterocycles. The molecule has 2 fully saturated rings. The van der Waals surface area contributed by atoms with E-state index in [1.165, 1.54) is 26.4 Å². The molecule has 29 heavy (non-hydrogen) atoms. The van der Waals surface area contributed by atoms with Gasteiger partial charge in [0.15, 0.2) is 17.7 Å². The summed E-state index contributed by atoms with van der Waals surface area (Å²) >= 11 is 4.93. The lowest BCUT2D eigenvalue weighted by atomic mass is 10.1. The zero-order valence-electron chi connectivity index (χ0n) is 15.4. The Morgan fingerprint density at radius 2 is 2.10 bits per heavy atom. The Labute approximate surface area is 170 Å².